The second-order valence-corrected chi connectivity index (χ2v) is 8.62. The summed E-state index contributed by atoms with van der Waals surface area (Å²) in [6.07, 6.45) is 0. The third-order valence-corrected chi connectivity index (χ3v) is 5.38. The Kier molecular flexibility index (Phi) is 6.98. The minimum atomic E-state index is -1.10. The van der Waals surface area contributed by atoms with Crippen LogP contribution in [0.25, 0.3) is 11.3 Å². The predicted octanol–water partition coefficient (Wildman–Crippen LogP) is 3.98. The van der Waals surface area contributed by atoms with Gasteiger partial charge in [0.05, 0.1) is 0 Å². The molecule has 1 aromatic heterocycles. The van der Waals surface area contributed by atoms with Crippen LogP contribution in [-0.4, -0.2) is 22.1 Å². The van der Waals surface area contributed by atoms with Crippen molar-refractivity contribution in [3.05, 3.63) is 77.0 Å². The first-order valence-electron chi connectivity index (χ1n) is 9.32. The van der Waals surface area contributed by atoms with Crippen molar-refractivity contribution < 1.29 is 27.9 Å². The van der Waals surface area contributed by atoms with Gasteiger partial charge in [0.2, 0.25) is 0 Å². The van der Waals surface area contributed by atoms with Gasteiger partial charge in [-0.3, -0.25) is 0 Å². The maximum absolute atomic E-state index is 12.4. The van der Waals surface area contributed by atoms with Crippen molar-refractivity contribution in [2.75, 3.05) is 0 Å². The molecule has 0 fully saturated rings. The number of esters is 1. The van der Waals surface area contributed by atoms with Gasteiger partial charge in [-0.15, -0.1) is 0 Å². The van der Waals surface area contributed by atoms with E-state index in [9.17, 15) is 14.4 Å². The Balaban J connectivity index is 1.60. The van der Waals surface area contributed by atoms with E-state index in [0.29, 0.717) is 11.3 Å². The van der Waals surface area contributed by atoms with Crippen molar-refractivity contribution >= 4 is 23.0 Å². The van der Waals surface area contributed by atoms with Crippen LogP contribution in [0.5, 0.6) is 5.75 Å². The van der Waals surface area contributed by atoms with Crippen molar-refractivity contribution in [3.8, 4) is 17.1 Å². The molecule has 0 unspecified atom stereocenters. The summed E-state index contributed by atoms with van der Waals surface area (Å²) < 4.78 is 19.5. The van der Waals surface area contributed by atoms with Crippen molar-refractivity contribution in [1.29, 1.82) is 0 Å². The molecule has 0 aliphatic rings. The van der Waals surface area contributed by atoms with Crippen LogP contribution >= 0.6 is 11.8 Å². The van der Waals surface area contributed by atoms with Crippen LogP contribution in [0.2, 0.25) is 0 Å². The molecule has 0 saturated heterocycles. The Morgan fingerprint density at radius 1 is 1.03 bits per heavy atom. The molecule has 0 saturated carbocycles. The van der Waals surface area contributed by atoms with Gasteiger partial charge in [0.25, 0.3) is 0 Å². The first-order chi connectivity index (χ1) is 14.8. The Hall–Kier alpha value is -3.30. The summed E-state index contributed by atoms with van der Waals surface area (Å²) in [5.74, 6) is -0.955. The van der Waals surface area contributed by atoms with Gasteiger partial charge in [-0.1, -0.05) is 48.5 Å². The average Bonchev–Trinajstić information content (AvgIpc) is 3.13. The maximum Gasteiger partial charge on any atom is 0.519 e. The zero-order chi connectivity index (χ0) is 22.4. The van der Waals surface area contributed by atoms with Crippen LogP contribution in [0.15, 0.2) is 74.3 Å². The molecular weight excluding hydrogens is 422 g/mol. The van der Waals surface area contributed by atoms with E-state index in [1.807, 2.05) is 6.07 Å². The van der Waals surface area contributed by atoms with Crippen LogP contribution in [0.1, 0.15) is 19.6 Å². The van der Waals surface area contributed by atoms with Gasteiger partial charge >= 0.3 is 17.1 Å². The lowest BCUT2D eigenvalue weighted by atomic mass is 10.0. The second kappa shape index (κ2) is 9.67. The van der Waals surface area contributed by atoms with Crippen molar-refractivity contribution in [3.63, 3.8) is 0 Å². The highest BCUT2D eigenvalue weighted by atomic mass is 32.2. The molecule has 2 N–H and O–H groups in total. The number of para-hydroxylation sites is 1. The van der Waals surface area contributed by atoms with Crippen molar-refractivity contribution in [2.24, 2.45) is 5.73 Å². The Bertz CT molecular complexity index is 1090. The van der Waals surface area contributed by atoms with Crippen molar-refractivity contribution in [2.45, 2.75) is 31.2 Å². The van der Waals surface area contributed by atoms with Gasteiger partial charge in [0, 0.05) is 10.3 Å². The molecule has 2 aromatic carbocycles. The first-order valence-corrected chi connectivity index (χ1v) is 10.1. The molecule has 162 valence electrons. The van der Waals surface area contributed by atoms with Gasteiger partial charge in [-0.05, 0) is 37.7 Å². The van der Waals surface area contributed by atoms with E-state index in [2.05, 4.69) is 0 Å². The summed E-state index contributed by atoms with van der Waals surface area (Å²) >= 11 is 0.739. The highest BCUT2D eigenvalue weighted by molar-refractivity contribution is 8.14. The minimum absolute atomic E-state index is 0.0794. The SMILES string of the molecule is CC(C)(SC(=O)OCc1oc(=O)oc1-c1ccccc1)[C@@H](N)C(=O)Oc1ccccc1. The molecule has 1 atom stereocenters. The Morgan fingerprint density at radius 3 is 2.29 bits per heavy atom. The third-order valence-electron chi connectivity index (χ3n) is 4.31. The van der Waals surface area contributed by atoms with Crippen molar-refractivity contribution in [1.82, 2.24) is 0 Å². The molecule has 0 aliphatic carbocycles. The summed E-state index contributed by atoms with van der Waals surface area (Å²) in [6.45, 7) is 2.94. The monoisotopic (exact) mass is 443 g/mol. The number of nitrogens with two attached hydrogens (primary N) is 1. The molecule has 3 aromatic rings. The van der Waals surface area contributed by atoms with Gasteiger partial charge in [-0.25, -0.2) is 14.4 Å². The molecule has 9 heteroatoms. The number of thioether (sulfide) groups is 1. The fourth-order valence-corrected chi connectivity index (χ4v) is 3.37. The van der Waals surface area contributed by atoms with E-state index in [0.717, 1.165) is 11.8 Å². The molecule has 0 amide bonds. The summed E-state index contributed by atoms with van der Waals surface area (Å²) in [4.78, 5) is 36.2. The van der Waals surface area contributed by atoms with E-state index >= 15 is 0 Å². The standard InChI is InChI=1S/C22H21NO7S/c1-22(2,18(23)19(24)28-15-11-7-4-8-12-15)31-21(26)27-13-16-17(30-20(25)29-16)14-9-5-3-6-10-14/h3-12,18H,13,23H2,1-2H3/t18-/m0/s1. The van der Waals surface area contributed by atoms with Crippen LogP contribution in [0, 0.1) is 0 Å². The van der Waals surface area contributed by atoms with Crippen LogP contribution in [-0.2, 0) is 16.1 Å². The molecule has 0 bridgehead atoms. The molecule has 3 rings (SSSR count). The second-order valence-electron chi connectivity index (χ2n) is 7.03. The number of hydrogen-bond acceptors (Lipinski definition) is 9. The van der Waals surface area contributed by atoms with Crippen LogP contribution in [0.4, 0.5) is 4.79 Å². The predicted molar refractivity (Wildman–Crippen MR) is 115 cm³/mol. The van der Waals surface area contributed by atoms with E-state index < -0.39 is 27.9 Å². The number of ether oxygens (including phenoxy) is 2. The maximum atomic E-state index is 12.4. The number of hydrogen-bond donors (Lipinski definition) is 1. The van der Waals surface area contributed by atoms with Crippen LogP contribution < -0.4 is 16.3 Å². The third kappa shape index (κ3) is 5.87. The highest BCUT2D eigenvalue weighted by Crippen LogP contribution is 2.31. The highest BCUT2D eigenvalue weighted by Gasteiger charge is 2.37. The zero-order valence-electron chi connectivity index (χ0n) is 16.9. The molecule has 0 aliphatic heterocycles. The Labute approximate surface area is 182 Å². The molecule has 1 heterocycles. The summed E-state index contributed by atoms with van der Waals surface area (Å²) in [5, 5.41) is -0.698. The molecular formula is C22H21NO7S. The lowest BCUT2D eigenvalue weighted by Gasteiger charge is -2.27. The topological polar surface area (TPSA) is 122 Å². The van der Waals surface area contributed by atoms with E-state index in [1.54, 1.807) is 68.4 Å². The number of rotatable bonds is 7. The lowest BCUT2D eigenvalue weighted by Crippen LogP contribution is -2.49. The molecule has 0 radical (unpaired) electrons. The summed E-state index contributed by atoms with van der Waals surface area (Å²) in [5.41, 5.74) is 6.63. The number of benzene rings is 2. The average molecular weight is 443 g/mol. The molecule has 31 heavy (non-hydrogen) atoms. The summed E-state index contributed by atoms with van der Waals surface area (Å²) in [6, 6.07) is 16.2. The zero-order valence-corrected chi connectivity index (χ0v) is 17.7. The van der Waals surface area contributed by atoms with E-state index in [4.69, 9.17) is 24.0 Å². The number of carbonyl (C=O) groups excluding carboxylic acids is 2. The van der Waals surface area contributed by atoms with Gasteiger partial charge < -0.3 is 24.0 Å². The first kappa shape index (κ1) is 22.4. The normalized spacial score (nSPS) is 12.2. The quantitative estimate of drug-likeness (QED) is 0.427. The lowest BCUT2D eigenvalue weighted by molar-refractivity contribution is -0.136. The fraction of sp³-hybridized carbons (Fsp3) is 0.227. The Morgan fingerprint density at radius 2 is 1.65 bits per heavy atom. The number of carbonyl (C=O) groups is 2. The van der Waals surface area contributed by atoms with Gasteiger partial charge in [-0.2, -0.15) is 0 Å². The molecule has 0 spiro atoms. The largest absolute Gasteiger partial charge is 0.519 e. The molecule has 8 nitrogen and oxygen atoms in total. The smallest absolute Gasteiger partial charge is 0.449 e. The minimum Gasteiger partial charge on any atom is -0.449 e. The van der Waals surface area contributed by atoms with E-state index in [-0.39, 0.29) is 18.1 Å². The van der Waals surface area contributed by atoms with Gasteiger partial charge in [0.1, 0.15) is 11.8 Å². The summed E-state index contributed by atoms with van der Waals surface area (Å²) in [7, 11) is 0. The van der Waals surface area contributed by atoms with Gasteiger partial charge in [0.15, 0.2) is 18.1 Å². The fourth-order valence-electron chi connectivity index (χ4n) is 2.60. The van der Waals surface area contributed by atoms with Crippen LogP contribution in [0.3, 0.4) is 0 Å². The van der Waals surface area contributed by atoms with E-state index in [1.165, 1.54) is 0 Å².